The first-order valence-corrected chi connectivity index (χ1v) is 8.32. The number of anilines is 1. The molecule has 0 aliphatic carbocycles. The quantitative estimate of drug-likeness (QED) is 0.850. The largest absolute Gasteiger partial charge is 0.480 e. The van der Waals surface area contributed by atoms with Gasteiger partial charge in [-0.3, -0.25) is 4.79 Å². The Morgan fingerprint density at radius 3 is 2.70 bits per heavy atom. The molecule has 0 saturated heterocycles. The summed E-state index contributed by atoms with van der Waals surface area (Å²) >= 11 is 0. The van der Waals surface area contributed by atoms with Crippen LogP contribution >= 0.6 is 0 Å². The van der Waals surface area contributed by atoms with Gasteiger partial charge >= 0.3 is 0 Å². The fourth-order valence-corrected chi connectivity index (χ4v) is 3.09. The molecule has 3 heteroatoms. The van der Waals surface area contributed by atoms with Crippen molar-refractivity contribution in [3.8, 4) is 5.75 Å². The molecule has 0 saturated carbocycles. The second-order valence-corrected chi connectivity index (χ2v) is 6.00. The fraction of sp³-hybridized carbons (Fsp3) is 0.350. The van der Waals surface area contributed by atoms with Crippen molar-refractivity contribution >= 4 is 11.6 Å². The Morgan fingerprint density at radius 1 is 1.17 bits per heavy atom. The molecule has 0 bridgehead atoms. The fourth-order valence-electron chi connectivity index (χ4n) is 3.09. The van der Waals surface area contributed by atoms with Gasteiger partial charge in [0, 0.05) is 12.2 Å². The van der Waals surface area contributed by atoms with Crippen LogP contribution in [-0.4, -0.2) is 18.6 Å². The molecule has 0 radical (unpaired) electrons. The van der Waals surface area contributed by atoms with E-state index in [9.17, 15) is 4.79 Å². The summed E-state index contributed by atoms with van der Waals surface area (Å²) in [5, 5.41) is 0. The Bertz CT molecular complexity index is 696. The van der Waals surface area contributed by atoms with E-state index in [1.54, 1.807) is 0 Å². The van der Waals surface area contributed by atoms with Gasteiger partial charge in [0.05, 0.1) is 0 Å². The van der Waals surface area contributed by atoms with Crippen molar-refractivity contribution in [3.05, 3.63) is 59.7 Å². The van der Waals surface area contributed by atoms with Gasteiger partial charge in [0.25, 0.3) is 5.91 Å². The normalized spacial score (nSPS) is 15.0. The Balaban J connectivity index is 1.83. The van der Waals surface area contributed by atoms with Gasteiger partial charge in [-0.2, -0.15) is 0 Å². The van der Waals surface area contributed by atoms with Crippen LogP contribution in [0, 0.1) is 6.92 Å². The third-order valence-electron chi connectivity index (χ3n) is 4.39. The summed E-state index contributed by atoms with van der Waals surface area (Å²) in [5.74, 6) is 0.848. The lowest BCUT2D eigenvalue weighted by Gasteiger charge is -2.32. The molecule has 1 aliphatic heterocycles. The van der Waals surface area contributed by atoms with Crippen molar-refractivity contribution in [3.63, 3.8) is 0 Å². The molecule has 1 amide bonds. The van der Waals surface area contributed by atoms with Crippen LogP contribution in [0.15, 0.2) is 48.5 Å². The number of amides is 1. The van der Waals surface area contributed by atoms with Crippen molar-refractivity contribution in [1.82, 2.24) is 0 Å². The molecule has 1 atom stereocenters. The van der Waals surface area contributed by atoms with Crippen LogP contribution in [-0.2, 0) is 11.2 Å². The van der Waals surface area contributed by atoms with Gasteiger partial charge in [-0.1, -0.05) is 43.3 Å². The van der Waals surface area contributed by atoms with E-state index in [1.807, 2.05) is 61.2 Å². The van der Waals surface area contributed by atoms with Crippen LogP contribution in [0.1, 0.15) is 30.9 Å². The number of fused-ring (bicyclic) bond motifs is 1. The minimum absolute atomic E-state index is 0.0582. The molecule has 23 heavy (non-hydrogen) atoms. The van der Waals surface area contributed by atoms with E-state index < -0.39 is 6.10 Å². The highest BCUT2D eigenvalue weighted by Crippen LogP contribution is 2.28. The maximum absolute atomic E-state index is 13.0. The van der Waals surface area contributed by atoms with Gasteiger partial charge in [-0.25, -0.2) is 0 Å². The lowest BCUT2D eigenvalue weighted by Crippen LogP contribution is -2.44. The van der Waals surface area contributed by atoms with Gasteiger partial charge < -0.3 is 9.64 Å². The zero-order chi connectivity index (χ0) is 16.2. The molecule has 0 N–H and O–H groups in total. The predicted molar refractivity (Wildman–Crippen MR) is 93.0 cm³/mol. The zero-order valence-electron chi connectivity index (χ0n) is 13.8. The summed E-state index contributed by atoms with van der Waals surface area (Å²) in [5.41, 5.74) is 3.34. The van der Waals surface area contributed by atoms with Crippen LogP contribution in [0.4, 0.5) is 5.69 Å². The predicted octanol–water partition coefficient (Wildman–Crippen LogP) is 4.13. The summed E-state index contributed by atoms with van der Waals surface area (Å²) < 4.78 is 6.03. The summed E-state index contributed by atoms with van der Waals surface area (Å²) in [4.78, 5) is 14.9. The SMILES string of the molecule is CC[C@@H](Oc1ccccc1C)C(=O)N1CCCc2ccccc21. The van der Waals surface area contributed by atoms with E-state index >= 15 is 0 Å². The lowest BCUT2D eigenvalue weighted by atomic mass is 10.0. The van der Waals surface area contributed by atoms with Crippen molar-refractivity contribution in [2.75, 3.05) is 11.4 Å². The molecule has 3 nitrogen and oxygen atoms in total. The first-order chi connectivity index (χ1) is 11.2. The number of carbonyl (C=O) groups is 1. The number of hydrogen-bond donors (Lipinski definition) is 0. The standard InChI is InChI=1S/C20H23NO2/c1-3-18(23-19-13-7-4-9-15(19)2)20(22)21-14-8-11-16-10-5-6-12-17(16)21/h4-7,9-10,12-13,18H,3,8,11,14H2,1-2H3/t18-/m1/s1. The van der Waals surface area contributed by atoms with E-state index in [2.05, 4.69) is 6.07 Å². The number of benzene rings is 2. The number of hydrogen-bond acceptors (Lipinski definition) is 2. The van der Waals surface area contributed by atoms with Crippen LogP contribution in [0.3, 0.4) is 0 Å². The molecule has 0 spiro atoms. The number of para-hydroxylation sites is 2. The smallest absolute Gasteiger partial charge is 0.268 e. The highest BCUT2D eigenvalue weighted by atomic mass is 16.5. The summed E-state index contributed by atoms with van der Waals surface area (Å²) in [6.07, 6.45) is 2.26. The van der Waals surface area contributed by atoms with E-state index in [1.165, 1.54) is 5.56 Å². The lowest BCUT2D eigenvalue weighted by molar-refractivity contribution is -0.125. The van der Waals surface area contributed by atoms with Crippen LogP contribution in [0.2, 0.25) is 0 Å². The molecule has 0 aromatic heterocycles. The molecular weight excluding hydrogens is 286 g/mol. The highest BCUT2D eigenvalue weighted by molar-refractivity contribution is 5.97. The van der Waals surface area contributed by atoms with Gasteiger partial charge in [0.15, 0.2) is 6.10 Å². The van der Waals surface area contributed by atoms with Gasteiger partial charge in [0.2, 0.25) is 0 Å². The minimum atomic E-state index is -0.442. The number of ether oxygens (including phenoxy) is 1. The first kappa shape index (κ1) is 15.6. The Labute approximate surface area is 137 Å². The maximum atomic E-state index is 13.0. The monoisotopic (exact) mass is 309 g/mol. The number of carbonyl (C=O) groups excluding carboxylic acids is 1. The minimum Gasteiger partial charge on any atom is -0.480 e. The highest BCUT2D eigenvalue weighted by Gasteiger charge is 2.29. The molecule has 0 fully saturated rings. The summed E-state index contributed by atoms with van der Waals surface area (Å²) in [6.45, 7) is 4.77. The van der Waals surface area contributed by atoms with Crippen molar-refractivity contribution in [2.45, 2.75) is 39.2 Å². The topological polar surface area (TPSA) is 29.5 Å². The van der Waals surface area contributed by atoms with E-state index in [0.717, 1.165) is 36.4 Å². The van der Waals surface area contributed by atoms with Crippen molar-refractivity contribution in [2.24, 2.45) is 0 Å². The average Bonchev–Trinajstić information content (AvgIpc) is 2.60. The second kappa shape index (κ2) is 6.86. The van der Waals surface area contributed by atoms with Crippen molar-refractivity contribution < 1.29 is 9.53 Å². The Hall–Kier alpha value is -2.29. The molecule has 1 heterocycles. The average molecular weight is 309 g/mol. The molecule has 2 aromatic rings. The molecular formula is C20H23NO2. The van der Waals surface area contributed by atoms with E-state index in [4.69, 9.17) is 4.74 Å². The maximum Gasteiger partial charge on any atom is 0.268 e. The molecule has 1 aliphatic rings. The third kappa shape index (κ3) is 3.24. The Kier molecular flexibility index (Phi) is 4.65. The summed E-state index contributed by atoms with van der Waals surface area (Å²) in [6, 6.07) is 16.0. The number of aryl methyl sites for hydroxylation is 2. The molecule has 2 aromatic carbocycles. The number of nitrogens with zero attached hydrogens (tertiary/aromatic N) is 1. The zero-order valence-corrected chi connectivity index (χ0v) is 13.8. The van der Waals surface area contributed by atoms with Gasteiger partial charge in [-0.05, 0) is 49.4 Å². The second-order valence-electron chi connectivity index (χ2n) is 6.00. The number of rotatable bonds is 4. The summed E-state index contributed by atoms with van der Waals surface area (Å²) in [7, 11) is 0. The third-order valence-corrected chi connectivity index (χ3v) is 4.39. The van der Waals surface area contributed by atoms with Crippen LogP contribution in [0.25, 0.3) is 0 Å². The van der Waals surface area contributed by atoms with Crippen molar-refractivity contribution in [1.29, 1.82) is 0 Å². The molecule has 3 rings (SSSR count). The van der Waals surface area contributed by atoms with E-state index in [-0.39, 0.29) is 5.91 Å². The first-order valence-electron chi connectivity index (χ1n) is 8.32. The van der Waals surface area contributed by atoms with Crippen LogP contribution < -0.4 is 9.64 Å². The van der Waals surface area contributed by atoms with Gasteiger partial charge in [0.1, 0.15) is 5.75 Å². The molecule has 0 unspecified atom stereocenters. The van der Waals surface area contributed by atoms with Crippen LogP contribution in [0.5, 0.6) is 5.75 Å². The molecule has 120 valence electrons. The van der Waals surface area contributed by atoms with Gasteiger partial charge in [-0.15, -0.1) is 0 Å². The van der Waals surface area contributed by atoms with E-state index in [0.29, 0.717) is 6.42 Å². The Morgan fingerprint density at radius 2 is 1.91 bits per heavy atom.